The highest BCUT2D eigenvalue weighted by atomic mass is 16.4. The number of aromatic nitrogens is 2. The third-order valence-electron chi connectivity index (χ3n) is 2.79. The van der Waals surface area contributed by atoms with E-state index in [-0.39, 0.29) is 11.6 Å². The third-order valence-corrected chi connectivity index (χ3v) is 2.79. The number of nitrogens with one attached hydrogen (secondary N) is 1. The van der Waals surface area contributed by atoms with Gasteiger partial charge in [-0.3, -0.25) is 4.79 Å². The molecule has 0 unspecified atom stereocenters. The zero-order valence-electron chi connectivity index (χ0n) is 10.7. The van der Waals surface area contributed by atoms with Crippen molar-refractivity contribution in [1.29, 1.82) is 0 Å². The summed E-state index contributed by atoms with van der Waals surface area (Å²) in [5.74, 6) is -1.71. The van der Waals surface area contributed by atoms with Crippen molar-refractivity contribution in [2.75, 3.05) is 0 Å². The number of nitrogens with zero attached hydrogens (tertiary/aromatic N) is 2. The molecule has 1 amide bonds. The van der Waals surface area contributed by atoms with Crippen molar-refractivity contribution < 1.29 is 14.7 Å². The first-order chi connectivity index (χ1) is 8.45. The van der Waals surface area contributed by atoms with Crippen molar-refractivity contribution in [2.45, 2.75) is 33.2 Å². The summed E-state index contributed by atoms with van der Waals surface area (Å²) in [6.45, 7) is 5.44. The van der Waals surface area contributed by atoms with Gasteiger partial charge < -0.3 is 10.4 Å². The van der Waals surface area contributed by atoms with Crippen LogP contribution in [0.3, 0.4) is 0 Å². The Kier molecular flexibility index (Phi) is 4.76. The number of amides is 1. The maximum absolute atomic E-state index is 11.9. The predicted octanol–water partition coefficient (Wildman–Crippen LogP) is 1.01. The van der Waals surface area contributed by atoms with Gasteiger partial charge in [-0.05, 0) is 24.5 Å². The largest absolute Gasteiger partial charge is 0.480 e. The summed E-state index contributed by atoms with van der Waals surface area (Å²) in [6.07, 6.45) is 2.19. The number of carbonyl (C=O) groups excluding carboxylic acids is 1. The Hall–Kier alpha value is -1.98. The highest BCUT2D eigenvalue weighted by molar-refractivity contribution is 5.94. The molecule has 2 N–H and O–H groups in total. The van der Waals surface area contributed by atoms with Gasteiger partial charge in [0.05, 0.1) is 6.20 Å². The van der Waals surface area contributed by atoms with Gasteiger partial charge in [0, 0.05) is 0 Å². The molecule has 0 aliphatic rings. The summed E-state index contributed by atoms with van der Waals surface area (Å²) in [6, 6.07) is 0.655. The number of aliphatic carboxylic acids is 1. The quantitative estimate of drug-likeness (QED) is 0.815. The fourth-order valence-corrected chi connectivity index (χ4v) is 1.47. The molecule has 0 aliphatic heterocycles. The highest BCUT2D eigenvalue weighted by Crippen LogP contribution is 2.09. The van der Waals surface area contributed by atoms with Crippen LogP contribution in [-0.2, 0) is 4.79 Å². The topological polar surface area (TPSA) is 92.2 Å². The molecule has 1 aromatic heterocycles. The average molecular weight is 251 g/mol. The maximum Gasteiger partial charge on any atom is 0.326 e. The molecule has 0 fully saturated rings. The number of hydrogen-bond donors (Lipinski definition) is 2. The molecule has 1 aromatic rings. The van der Waals surface area contributed by atoms with Gasteiger partial charge in [-0.2, -0.15) is 5.10 Å². The van der Waals surface area contributed by atoms with Crippen molar-refractivity contribution in [3.63, 3.8) is 0 Å². The molecule has 2 atom stereocenters. The molecule has 0 aliphatic carbocycles. The van der Waals surface area contributed by atoms with E-state index in [0.717, 1.165) is 5.56 Å². The van der Waals surface area contributed by atoms with E-state index in [9.17, 15) is 9.59 Å². The van der Waals surface area contributed by atoms with Gasteiger partial charge in [0.2, 0.25) is 0 Å². The van der Waals surface area contributed by atoms with Crippen LogP contribution in [-0.4, -0.2) is 33.2 Å². The smallest absolute Gasteiger partial charge is 0.326 e. The first-order valence-corrected chi connectivity index (χ1v) is 5.78. The Bertz CT molecular complexity index is 448. The van der Waals surface area contributed by atoms with Crippen LogP contribution in [0.25, 0.3) is 0 Å². The van der Waals surface area contributed by atoms with Gasteiger partial charge in [0.1, 0.15) is 6.04 Å². The van der Waals surface area contributed by atoms with Crippen LogP contribution in [0, 0.1) is 12.8 Å². The minimum atomic E-state index is -1.04. The average Bonchev–Trinajstić information content (AvgIpc) is 2.34. The van der Waals surface area contributed by atoms with E-state index in [1.165, 1.54) is 6.20 Å². The summed E-state index contributed by atoms with van der Waals surface area (Å²) >= 11 is 0. The molecule has 98 valence electrons. The second-order valence-electron chi connectivity index (χ2n) is 4.29. The normalized spacial score (nSPS) is 13.7. The summed E-state index contributed by atoms with van der Waals surface area (Å²) in [5.41, 5.74) is 0.926. The molecular weight excluding hydrogens is 234 g/mol. The first-order valence-electron chi connectivity index (χ1n) is 5.78. The van der Waals surface area contributed by atoms with Crippen LogP contribution in [0.2, 0.25) is 0 Å². The molecule has 0 saturated carbocycles. The van der Waals surface area contributed by atoms with Gasteiger partial charge in [-0.1, -0.05) is 20.3 Å². The zero-order chi connectivity index (χ0) is 13.7. The van der Waals surface area contributed by atoms with E-state index in [4.69, 9.17) is 5.11 Å². The molecule has 18 heavy (non-hydrogen) atoms. The lowest BCUT2D eigenvalue weighted by atomic mass is 9.99. The predicted molar refractivity (Wildman–Crippen MR) is 65.1 cm³/mol. The minimum absolute atomic E-state index is 0.129. The molecule has 0 spiro atoms. The molecule has 1 rings (SSSR count). The summed E-state index contributed by atoms with van der Waals surface area (Å²) in [4.78, 5) is 22.9. The maximum atomic E-state index is 11.9. The molecule has 6 heteroatoms. The van der Waals surface area contributed by atoms with E-state index in [1.54, 1.807) is 19.9 Å². The first kappa shape index (κ1) is 14.1. The molecule has 0 aromatic carbocycles. The van der Waals surface area contributed by atoms with Gasteiger partial charge in [0.15, 0.2) is 5.69 Å². The summed E-state index contributed by atoms with van der Waals surface area (Å²) in [7, 11) is 0. The van der Waals surface area contributed by atoms with Crippen LogP contribution >= 0.6 is 0 Å². The summed E-state index contributed by atoms with van der Waals surface area (Å²) in [5, 5.41) is 18.9. The molecule has 0 radical (unpaired) electrons. The number of aryl methyl sites for hydroxylation is 1. The second-order valence-corrected chi connectivity index (χ2v) is 4.29. The van der Waals surface area contributed by atoms with Crippen molar-refractivity contribution in [2.24, 2.45) is 5.92 Å². The van der Waals surface area contributed by atoms with Crippen LogP contribution in [0.1, 0.15) is 36.3 Å². The van der Waals surface area contributed by atoms with E-state index in [1.807, 2.05) is 6.92 Å². The molecule has 6 nitrogen and oxygen atoms in total. The SMILES string of the molecule is CC[C@H](C)[C@H](NC(=O)c1cc(C)cnn1)C(=O)O. The summed E-state index contributed by atoms with van der Waals surface area (Å²) < 4.78 is 0. The van der Waals surface area contributed by atoms with E-state index >= 15 is 0 Å². The highest BCUT2D eigenvalue weighted by Gasteiger charge is 2.26. The van der Waals surface area contributed by atoms with Crippen LogP contribution in [0.5, 0.6) is 0 Å². The molecule has 0 bridgehead atoms. The van der Waals surface area contributed by atoms with Gasteiger partial charge in [-0.25, -0.2) is 4.79 Å². The van der Waals surface area contributed by atoms with Gasteiger partial charge >= 0.3 is 5.97 Å². The number of carboxylic acids is 1. The second kappa shape index (κ2) is 6.09. The fourth-order valence-electron chi connectivity index (χ4n) is 1.47. The Balaban J connectivity index is 2.82. The third kappa shape index (κ3) is 3.51. The number of carboxylic acid groups (broad SMARTS) is 1. The van der Waals surface area contributed by atoms with Crippen LogP contribution in [0.15, 0.2) is 12.3 Å². The Morgan fingerprint density at radius 3 is 2.67 bits per heavy atom. The molecule has 0 saturated heterocycles. The van der Waals surface area contributed by atoms with Gasteiger partial charge in [0.25, 0.3) is 5.91 Å². The van der Waals surface area contributed by atoms with E-state index in [0.29, 0.717) is 6.42 Å². The van der Waals surface area contributed by atoms with Crippen molar-refractivity contribution in [3.05, 3.63) is 23.5 Å². The van der Waals surface area contributed by atoms with Crippen LogP contribution in [0.4, 0.5) is 0 Å². The minimum Gasteiger partial charge on any atom is -0.480 e. The van der Waals surface area contributed by atoms with Crippen molar-refractivity contribution >= 4 is 11.9 Å². The lowest BCUT2D eigenvalue weighted by molar-refractivity contribution is -0.140. The number of hydrogen-bond acceptors (Lipinski definition) is 4. The lowest BCUT2D eigenvalue weighted by Crippen LogP contribution is -2.45. The van der Waals surface area contributed by atoms with E-state index < -0.39 is 17.9 Å². The Labute approximate surface area is 105 Å². The fraction of sp³-hybridized carbons (Fsp3) is 0.500. The van der Waals surface area contributed by atoms with Crippen LogP contribution < -0.4 is 5.32 Å². The van der Waals surface area contributed by atoms with Gasteiger partial charge in [-0.15, -0.1) is 5.10 Å². The molecule has 1 heterocycles. The Morgan fingerprint density at radius 1 is 1.50 bits per heavy atom. The van der Waals surface area contributed by atoms with Crippen molar-refractivity contribution in [1.82, 2.24) is 15.5 Å². The standard InChI is InChI=1S/C12H17N3O3/c1-4-8(3)10(12(17)18)14-11(16)9-5-7(2)6-13-15-9/h5-6,8,10H,4H2,1-3H3,(H,14,16)(H,17,18)/t8-,10-/m0/s1. The Morgan fingerprint density at radius 2 is 2.17 bits per heavy atom. The monoisotopic (exact) mass is 251 g/mol. The van der Waals surface area contributed by atoms with E-state index in [2.05, 4.69) is 15.5 Å². The number of rotatable bonds is 5. The van der Waals surface area contributed by atoms with Crippen molar-refractivity contribution in [3.8, 4) is 0 Å². The lowest BCUT2D eigenvalue weighted by Gasteiger charge is -2.19. The zero-order valence-corrected chi connectivity index (χ0v) is 10.7. The molecular formula is C12H17N3O3. The number of carbonyl (C=O) groups is 2.